The van der Waals surface area contributed by atoms with Crippen molar-refractivity contribution in [2.24, 2.45) is 0 Å². The number of H-pyrrole nitrogens is 1. The van der Waals surface area contributed by atoms with Crippen LogP contribution in [0.2, 0.25) is 0 Å². The second-order valence-electron chi connectivity index (χ2n) is 5.69. The third-order valence-corrected chi connectivity index (χ3v) is 3.86. The maximum absolute atomic E-state index is 12.5. The summed E-state index contributed by atoms with van der Waals surface area (Å²) in [5.74, 6) is 0.326. The van der Waals surface area contributed by atoms with Crippen molar-refractivity contribution in [2.45, 2.75) is 32.8 Å². The lowest BCUT2D eigenvalue weighted by Crippen LogP contribution is -2.35. The van der Waals surface area contributed by atoms with E-state index < -0.39 is 6.36 Å². The number of aromatic amines is 1. The van der Waals surface area contributed by atoms with Crippen LogP contribution in [0.1, 0.15) is 22.6 Å². The Balaban J connectivity index is 1.80. The molecule has 0 saturated heterocycles. The number of hydrogen-bond donors (Lipinski definition) is 1. The molecule has 1 aliphatic rings. The smallest absolute Gasteiger partial charge is 0.405 e. The summed E-state index contributed by atoms with van der Waals surface area (Å²) in [6, 6.07) is 6.07. The van der Waals surface area contributed by atoms with E-state index in [0.29, 0.717) is 48.7 Å². The van der Waals surface area contributed by atoms with Crippen molar-refractivity contribution in [3.05, 3.63) is 57.3 Å². The van der Waals surface area contributed by atoms with Gasteiger partial charge >= 0.3 is 6.36 Å². The summed E-state index contributed by atoms with van der Waals surface area (Å²) in [5.41, 5.74) is 1.63. The quantitative estimate of drug-likeness (QED) is 0.934. The molecule has 3 rings (SSSR count). The number of aryl methyl sites for hydroxylation is 1. The van der Waals surface area contributed by atoms with E-state index in [9.17, 15) is 18.0 Å². The van der Waals surface area contributed by atoms with Crippen LogP contribution in [0.15, 0.2) is 29.1 Å². The molecule has 1 aromatic heterocycles. The third kappa shape index (κ3) is 3.76. The van der Waals surface area contributed by atoms with Gasteiger partial charge in [0.2, 0.25) is 0 Å². The van der Waals surface area contributed by atoms with Crippen molar-refractivity contribution in [2.75, 3.05) is 6.54 Å². The number of nitrogens with one attached hydrogen (secondary N) is 1. The molecule has 1 aromatic carbocycles. The molecule has 2 aromatic rings. The lowest BCUT2D eigenvalue weighted by atomic mass is 10.1. The molecular formula is C16H16F3N3O2. The Hall–Kier alpha value is -2.35. The molecule has 0 fully saturated rings. The fourth-order valence-corrected chi connectivity index (χ4v) is 2.85. The van der Waals surface area contributed by atoms with Crippen molar-refractivity contribution in [1.82, 2.24) is 14.9 Å². The Morgan fingerprint density at radius 1 is 1.33 bits per heavy atom. The number of nitrogens with zero attached hydrogens (tertiary/aromatic N) is 2. The van der Waals surface area contributed by atoms with Gasteiger partial charge in [0.15, 0.2) is 0 Å². The van der Waals surface area contributed by atoms with Crippen molar-refractivity contribution in [3.8, 4) is 5.75 Å². The topological polar surface area (TPSA) is 58.2 Å². The Kier molecular flexibility index (Phi) is 4.31. The minimum Gasteiger partial charge on any atom is -0.405 e. The fraction of sp³-hybridized carbons (Fsp3) is 0.375. The van der Waals surface area contributed by atoms with Gasteiger partial charge in [-0.15, -0.1) is 13.2 Å². The van der Waals surface area contributed by atoms with Crippen LogP contribution in [0.5, 0.6) is 5.75 Å². The molecule has 0 saturated carbocycles. The number of halogens is 3. The molecule has 0 aliphatic carbocycles. The lowest BCUT2D eigenvalue weighted by molar-refractivity contribution is -0.275. The zero-order chi connectivity index (χ0) is 17.3. The molecule has 0 atom stereocenters. The number of para-hydroxylation sites is 1. The molecule has 2 heterocycles. The number of rotatable bonds is 3. The Morgan fingerprint density at radius 2 is 2.08 bits per heavy atom. The summed E-state index contributed by atoms with van der Waals surface area (Å²) < 4.78 is 41.6. The van der Waals surface area contributed by atoms with E-state index in [1.54, 1.807) is 19.1 Å². The van der Waals surface area contributed by atoms with Crippen LogP contribution in [0.3, 0.4) is 0 Å². The van der Waals surface area contributed by atoms with Gasteiger partial charge in [-0.25, -0.2) is 4.98 Å². The summed E-state index contributed by atoms with van der Waals surface area (Å²) >= 11 is 0. The molecule has 128 valence electrons. The van der Waals surface area contributed by atoms with E-state index in [4.69, 9.17) is 0 Å². The minimum atomic E-state index is -4.73. The van der Waals surface area contributed by atoms with Crippen molar-refractivity contribution in [1.29, 1.82) is 0 Å². The number of aromatic nitrogens is 2. The largest absolute Gasteiger partial charge is 0.573 e. The molecule has 0 spiro atoms. The Bertz CT molecular complexity index is 802. The van der Waals surface area contributed by atoms with Crippen LogP contribution >= 0.6 is 0 Å². The molecule has 0 unspecified atom stereocenters. The molecule has 0 radical (unpaired) electrons. The second kappa shape index (κ2) is 6.27. The first-order valence-corrected chi connectivity index (χ1v) is 7.46. The van der Waals surface area contributed by atoms with Gasteiger partial charge in [-0.1, -0.05) is 18.2 Å². The molecule has 24 heavy (non-hydrogen) atoms. The molecule has 0 amide bonds. The SMILES string of the molecule is Cc1nc2c(c(=O)[nH]1)CCN(Cc1ccccc1OC(F)(F)F)C2. The van der Waals surface area contributed by atoms with Crippen LogP contribution in [0.4, 0.5) is 13.2 Å². The standard InChI is InChI=1S/C16H16F3N3O2/c1-10-20-13-9-22(7-6-12(13)15(23)21-10)8-11-4-2-3-5-14(11)24-16(17,18)19/h2-5H,6-9H2,1H3,(H,20,21,23). The van der Waals surface area contributed by atoms with Crippen LogP contribution < -0.4 is 10.3 Å². The van der Waals surface area contributed by atoms with Gasteiger partial charge < -0.3 is 9.72 Å². The summed E-state index contributed by atoms with van der Waals surface area (Å²) in [4.78, 5) is 20.9. The average Bonchev–Trinajstić information content (AvgIpc) is 2.47. The molecule has 5 nitrogen and oxygen atoms in total. The number of fused-ring (bicyclic) bond motifs is 1. The van der Waals surface area contributed by atoms with Crippen LogP contribution in [-0.2, 0) is 19.5 Å². The van der Waals surface area contributed by atoms with Crippen molar-refractivity contribution < 1.29 is 17.9 Å². The number of hydrogen-bond acceptors (Lipinski definition) is 4. The summed E-state index contributed by atoms with van der Waals surface area (Å²) in [6.07, 6.45) is -4.21. The molecule has 0 bridgehead atoms. The molecular weight excluding hydrogens is 323 g/mol. The second-order valence-corrected chi connectivity index (χ2v) is 5.69. The normalized spacial score (nSPS) is 15.2. The van der Waals surface area contributed by atoms with Crippen LogP contribution in [0.25, 0.3) is 0 Å². The highest BCUT2D eigenvalue weighted by atomic mass is 19.4. The first-order chi connectivity index (χ1) is 11.3. The van der Waals surface area contributed by atoms with E-state index in [1.807, 2.05) is 4.90 Å². The van der Waals surface area contributed by atoms with Gasteiger partial charge in [0.1, 0.15) is 11.6 Å². The maximum Gasteiger partial charge on any atom is 0.573 e. The van der Waals surface area contributed by atoms with Gasteiger partial charge in [-0.3, -0.25) is 9.69 Å². The number of ether oxygens (including phenoxy) is 1. The summed E-state index contributed by atoms with van der Waals surface area (Å²) in [6.45, 7) is 2.98. The highest BCUT2D eigenvalue weighted by molar-refractivity contribution is 5.33. The van der Waals surface area contributed by atoms with Crippen LogP contribution in [0, 0.1) is 6.92 Å². The highest BCUT2D eigenvalue weighted by Gasteiger charge is 2.32. The third-order valence-electron chi connectivity index (χ3n) is 3.86. The summed E-state index contributed by atoms with van der Waals surface area (Å²) in [5, 5.41) is 0. The first-order valence-electron chi connectivity index (χ1n) is 7.46. The Labute approximate surface area is 136 Å². The van der Waals surface area contributed by atoms with E-state index in [0.717, 1.165) is 0 Å². The zero-order valence-electron chi connectivity index (χ0n) is 13.0. The van der Waals surface area contributed by atoms with Crippen LogP contribution in [-0.4, -0.2) is 27.8 Å². The van der Waals surface area contributed by atoms with E-state index in [1.165, 1.54) is 12.1 Å². The minimum absolute atomic E-state index is 0.141. The fourth-order valence-electron chi connectivity index (χ4n) is 2.85. The molecule has 8 heteroatoms. The van der Waals surface area contributed by atoms with E-state index in [2.05, 4.69) is 14.7 Å². The van der Waals surface area contributed by atoms with Crippen molar-refractivity contribution in [3.63, 3.8) is 0 Å². The van der Waals surface area contributed by atoms with E-state index >= 15 is 0 Å². The zero-order valence-corrected chi connectivity index (χ0v) is 13.0. The Morgan fingerprint density at radius 3 is 2.83 bits per heavy atom. The predicted molar refractivity (Wildman–Crippen MR) is 80.5 cm³/mol. The highest BCUT2D eigenvalue weighted by Crippen LogP contribution is 2.28. The van der Waals surface area contributed by atoms with Gasteiger partial charge in [0, 0.05) is 30.8 Å². The van der Waals surface area contributed by atoms with Gasteiger partial charge in [-0.2, -0.15) is 0 Å². The predicted octanol–water partition coefficient (Wildman–Crippen LogP) is 2.54. The van der Waals surface area contributed by atoms with Gasteiger partial charge in [-0.05, 0) is 19.4 Å². The van der Waals surface area contributed by atoms with E-state index in [-0.39, 0.29) is 11.3 Å². The first kappa shape index (κ1) is 16.5. The summed E-state index contributed by atoms with van der Waals surface area (Å²) in [7, 11) is 0. The maximum atomic E-state index is 12.5. The number of alkyl halides is 3. The van der Waals surface area contributed by atoms with Gasteiger partial charge in [0.25, 0.3) is 5.56 Å². The lowest BCUT2D eigenvalue weighted by Gasteiger charge is -2.28. The number of benzene rings is 1. The van der Waals surface area contributed by atoms with Gasteiger partial charge in [0.05, 0.1) is 5.69 Å². The van der Waals surface area contributed by atoms with Crippen molar-refractivity contribution >= 4 is 0 Å². The molecule has 1 N–H and O–H groups in total. The average molecular weight is 339 g/mol. The molecule has 1 aliphatic heterocycles. The monoisotopic (exact) mass is 339 g/mol.